The smallest absolute Gasteiger partial charge is 0.191 e. The van der Waals surface area contributed by atoms with Crippen LogP contribution >= 0.6 is 0 Å². The van der Waals surface area contributed by atoms with Crippen LogP contribution in [-0.2, 0) is 13.0 Å². The fraction of sp³-hybridized carbons (Fsp3) is 0.278. The summed E-state index contributed by atoms with van der Waals surface area (Å²) in [4.78, 5) is 4.15. The van der Waals surface area contributed by atoms with Crippen LogP contribution in [0.25, 0.3) is 0 Å². The van der Waals surface area contributed by atoms with Gasteiger partial charge in [-0.2, -0.15) is 0 Å². The van der Waals surface area contributed by atoms with E-state index in [1.165, 1.54) is 17.2 Å². The maximum Gasteiger partial charge on any atom is 0.191 e. The van der Waals surface area contributed by atoms with Gasteiger partial charge in [-0.15, -0.1) is 0 Å². The number of benzene rings is 2. The average Bonchev–Trinajstić information content (AvgIpc) is 2.52. The summed E-state index contributed by atoms with van der Waals surface area (Å²) in [6, 6.07) is 15.2. The normalized spacial score (nSPS) is 11.3. The second-order valence-electron chi connectivity index (χ2n) is 5.18. The third-order valence-electron chi connectivity index (χ3n) is 3.42. The quantitative estimate of drug-likeness (QED) is 0.657. The van der Waals surface area contributed by atoms with E-state index in [-0.39, 0.29) is 5.82 Å². The zero-order chi connectivity index (χ0) is 15.8. The van der Waals surface area contributed by atoms with E-state index >= 15 is 0 Å². The molecule has 2 aromatic carbocycles. The number of aliphatic imine (C=N–C) groups is 1. The fourth-order valence-corrected chi connectivity index (χ4v) is 2.23. The van der Waals surface area contributed by atoms with Gasteiger partial charge in [0.2, 0.25) is 0 Å². The molecule has 0 spiro atoms. The number of nitrogens with zero attached hydrogens (tertiary/aromatic N) is 1. The van der Waals surface area contributed by atoms with Gasteiger partial charge in [-0.05, 0) is 25.0 Å². The third-order valence-corrected chi connectivity index (χ3v) is 3.42. The minimum absolute atomic E-state index is 0.204. The van der Waals surface area contributed by atoms with Gasteiger partial charge in [0.15, 0.2) is 5.96 Å². The zero-order valence-electron chi connectivity index (χ0n) is 13.1. The first kappa shape index (κ1) is 16.0. The molecule has 0 heterocycles. The molecular weight excluding hydrogens is 277 g/mol. The molecule has 116 valence electrons. The van der Waals surface area contributed by atoms with E-state index < -0.39 is 0 Å². The number of rotatable bonds is 5. The number of guanidine groups is 1. The van der Waals surface area contributed by atoms with Gasteiger partial charge >= 0.3 is 0 Å². The van der Waals surface area contributed by atoms with Crippen molar-refractivity contribution in [2.75, 3.05) is 13.6 Å². The second-order valence-corrected chi connectivity index (χ2v) is 5.18. The molecule has 0 aliphatic rings. The van der Waals surface area contributed by atoms with Gasteiger partial charge in [-0.3, -0.25) is 4.99 Å². The highest BCUT2D eigenvalue weighted by molar-refractivity contribution is 5.79. The lowest BCUT2D eigenvalue weighted by molar-refractivity contribution is 0.604. The van der Waals surface area contributed by atoms with E-state index in [1.807, 2.05) is 6.07 Å². The molecule has 0 aromatic heterocycles. The molecule has 0 saturated carbocycles. The first-order valence-corrected chi connectivity index (χ1v) is 7.42. The zero-order valence-corrected chi connectivity index (χ0v) is 13.1. The Balaban J connectivity index is 1.79. The number of nitrogens with one attached hydrogen (secondary N) is 2. The van der Waals surface area contributed by atoms with Crippen LogP contribution in [0.15, 0.2) is 53.5 Å². The van der Waals surface area contributed by atoms with Crippen molar-refractivity contribution in [1.29, 1.82) is 0 Å². The SMILES string of the molecule is CN=C(NCCc1cccc(C)c1)NCc1ccccc1F. The summed E-state index contributed by atoms with van der Waals surface area (Å²) in [7, 11) is 1.71. The molecule has 2 aromatic rings. The Morgan fingerprint density at radius 1 is 1.09 bits per heavy atom. The van der Waals surface area contributed by atoms with Gasteiger partial charge in [0.05, 0.1) is 0 Å². The molecule has 0 aliphatic heterocycles. The van der Waals surface area contributed by atoms with E-state index in [1.54, 1.807) is 19.2 Å². The van der Waals surface area contributed by atoms with E-state index in [9.17, 15) is 4.39 Å². The molecule has 0 amide bonds. The second kappa shape index (κ2) is 8.17. The van der Waals surface area contributed by atoms with Crippen molar-refractivity contribution in [2.24, 2.45) is 4.99 Å². The van der Waals surface area contributed by atoms with Gasteiger partial charge in [-0.1, -0.05) is 48.0 Å². The number of halogens is 1. The Morgan fingerprint density at radius 2 is 1.91 bits per heavy atom. The van der Waals surface area contributed by atoms with Gasteiger partial charge in [0, 0.05) is 25.7 Å². The van der Waals surface area contributed by atoms with Crippen LogP contribution in [0, 0.1) is 12.7 Å². The molecule has 3 nitrogen and oxygen atoms in total. The maximum atomic E-state index is 13.6. The van der Waals surface area contributed by atoms with E-state index in [4.69, 9.17) is 0 Å². The summed E-state index contributed by atoms with van der Waals surface area (Å²) < 4.78 is 13.6. The van der Waals surface area contributed by atoms with Crippen molar-refractivity contribution in [1.82, 2.24) is 10.6 Å². The molecule has 2 N–H and O–H groups in total. The summed E-state index contributed by atoms with van der Waals surface area (Å²) >= 11 is 0. The van der Waals surface area contributed by atoms with E-state index in [0.29, 0.717) is 18.1 Å². The molecule has 4 heteroatoms. The van der Waals surface area contributed by atoms with Crippen LogP contribution in [0.5, 0.6) is 0 Å². The van der Waals surface area contributed by atoms with Crippen molar-refractivity contribution in [3.05, 3.63) is 71.0 Å². The number of hydrogen-bond acceptors (Lipinski definition) is 1. The predicted octanol–water partition coefficient (Wildman–Crippen LogP) is 3.04. The van der Waals surface area contributed by atoms with Crippen LogP contribution in [0.3, 0.4) is 0 Å². The lowest BCUT2D eigenvalue weighted by Crippen LogP contribution is -2.38. The lowest BCUT2D eigenvalue weighted by atomic mass is 10.1. The Labute approximate surface area is 131 Å². The molecule has 0 aliphatic carbocycles. The monoisotopic (exact) mass is 299 g/mol. The highest BCUT2D eigenvalue weighted by Gasteiger charge is 2.02. The minimum atomic E-state index is -0.204. The number of aryl methyl sites for hydroxylation is 1. The van der Waals surface area contributed by atoms with Crippen molar-refractivity contribution < 1.29 is 4.39 Å². The molecule has 0 fully saturated rings. The summed E-state index contributed by atoms with van der Waals surface area (Å²) in [6.07, 6.45) is 0.919. The molecular formula is C18H22FN3. The standard InChI is InChI=1S/C18H22FN3/c1-14-6-5-7-15(12-14)10-11-21-18(20-2)22-13-16-8-3-4-9-17(16)19/h3-9,12H,10-11,13H2,1-2H3,(H2,20,21,22). The maximum absolute atomic E-state index is 13.6. The lowest BCUT2D eigenvalue weighted by Gasteiger charge is -2.12. The molecule has 0 radical (unpaired) electrons. The van der Waals surface area contributed by atoms with Crippen molar-refractivity contribution in [3.8, 4) is 0 Å². The average molecular weight is 299 g/mol. The third kappa shape index (κ3) is 4.88. The van der Waals surface area contributed by atoms with Crippen LogP contribution in [0.4, 0.5) is 4.39 Å². The molecule has 22 heavy (non-hydrogen) atoms. The molecule has 0 unspecified atom stereocenters. The molecule has 2 rings (SSSR count). The predicted molar refractivity (Wildman–Crippen MR) is 89.5 cm³/mol. The van der Waals surface area contributed by atoms with Crippen molar-refractivity contribution in [2.45, 2.75) is 19.9 Å². The highest BCUT2D eigenvalue weighted by Crippen LogP contribution is 2.05. The Kier molecular flexibility index (Phi) is 5.95. The Bertz CT molecular complexity index is 638. The minimum Gasteiger partial charge on any atom is -0.356 e. The van der Waals surface area contributed by atoms with Crippen LogP contribution < -0.4 is 10.6 Å². The molecule has 0 bridgehead atoms. The first-order chi connectivity index (χ1) is 10.7. The van der Waals surface area contributed by atoms with Crippen LogP contribution in [0.1, 0.15) is 16.7 Å². The van der Waals surface area contributed by atoms with Crippen molar-refractivity contribution >= 4 is 5.96 Å². The summed E-state index contributed by atoms with van der Waals surface area (Å²) in [6.45, 7) is 3.28. The summed E-state index contributed by atoms with van der Waals surface area (Å²) in [5, 5.41) is 6.37. The van der Waals surface area contributed by atoms with Gasteiger partial charge in [0.25, 0.3) is 0 Å². The van der Waals surface area contributed by atoms with Gasteiger partial charge in [-0.25, -0.2) is 4.39 Å². The van der Waals surface area contributed by atoms with E-state index in [2.05, 4.69) is 46.8 Å². The Hall–Kier alpha value is -2.36. The number of hydrogen-bond donors (Lipinski definition) is 2. The van der Waals surface area contributed by atoms with Crippen molar-refractivity contribution in [3.63, 3.8) is 0 Å². The van der Waals surface area contributed by atoms with Crippen LogP contribution in [0.2, 0.25) is 0 Å². The summed E-state index contributed by atoms with van der Waals surface area (Å²) in [5.74, 6) is 0.473. The van der Waals surface area contributed by atoms with Gasteiger partial charge in [0.1, 0.15) is 5.82 Å². The summed E-state index contributed by atoms with van der Waals surface area (Å²) in [5.41, 5.74) is 3.18. The topological polar surface area (TPSA) is 36.4 Å². The van der Waals surface area contributed by atoms with Gasteiger partial charge < -0.3 is 10.6 Å². The highest BCUT2D eigenvalue weighted by atomic mass is 19.1. The largest absolute Gasteiger partial charge is 0.356 e. The van der Waals surface area contributed by atoms with Crippen LogP contribution in [-0.4, -0.2) is 19.6 Å². The molecule has 0 atom stereocenters. The fourth-order valence-electron chi connectivity index (χ4n) is 2.23. The Morgan fingerprint density at radius 3 is 2.64 bits per heavy atom. The molecule has 0 saturated heterocycles. The first-order valence-electron chi connectivity index (χ1n) is 7.42. The van der Waals surface area contributed by atoms with E-state index in [0.717, 1.165) is 13.0 Å².